The average Bonchev–Trinajstić information content (AvgIpc) is 2.49. The number of aryl methyl sites for hydroxylation is 1. The molecule has 0 unspecified atom stereocenters. The Hall–Kier alpha value is -2.68. The number of rotatable bonds is 2. The van der Waals surface area contributed by atoms with E-state index in [2.05, 4.69) is 16.0 Å². The van der Waals surface area contributed by atoms with E-state index in [4.69, 9.17) is 5.73 Å². The first-order valence-electron chi connectivity index (χ1n) is 6.50. The van der Waals surface area contributed by atoms with E-state index in [1.54, 1.807) is 0 Å². The Morgan fingerprint density at radius 3 is 2.55 bits per heavy atom. The van der Waals surface area contributed by atoms with Crippen molar-refractivity contribution in [1.82, 2.24) is 4.98 Å². The van der Waals surface area contributed by atoms with Crippen LogP contribution in [0.4, 0.5) is 5.69 Å². The van der Waals surface area contributed by atoms with Crippen molar-refractivity contribution in [3.63, 3.8) is 0 Å². The number of nitrogens with two attached hydrogens (primary N) is 1. The summed E-state index contributed by atoms with van der Waals surface area (Å²) < 4.78 is 0. The zero-order chi connectivity index (χ0) is 13.9. The predicted molar refractivity (Wildman–Crippen MR) is 83.3 cm³/mol. The van der Waals surface area contributed by atoms with Crippen LogP contribution >= 0.6 is 0 Å². The van der Waals surface area contributed by atoms with Crippen molar-refractivity contribution in [1.29, 1.82) is 0 Å². The molecule has 3 heteroatoms. The highest BCUT2D eigenvalue weighted by molar-refractivity contribution is 6.01. The summed E-state index contributed by atoms with van der Waals surface area (Å²) in [6, 6.07) is 19.7. The molecule has 3 nitrogen and oxygen atoms in total. The molecular formula is C17H15N3. The summed E-state index contributed by atoms with van der Waals surface area (Å²) in [7, 11) is 0. The average molecular weight is 261 g/mol. The quantitative estimate of drug-likeness (QED) is 0.566. The third-order valence-corrected chi connectivity index (χ3v) is 3.15. The lowest BCUT2D eigenvalue weighted by Gasteiger charge is -2.04. The van der Waals surface area contributed by atoms with Crippen molar-refractivity contribution in [2.45, 2.75) is 6.92 Å². The first-order valence-corrected chi connectivity index (χ1v) is 6.50. The molecule has 0 saturated heterocycles. The van der Waals surface area contributed by atoms with E-state index < -0.39 is 0 Å². The second-order valence-electron chi connectivity index (χ2n) is 4.66. The number of amidine groups is 1. The molecule has 2 aromatic carbocycles. The third kappa shape index (κ3) is 2.38. The lowest BCUT2D eigenvalue weighted by Crippen LogP contribution is -2.12. The molecule has 0 saturated carbocycles. The topological polar surface area (TPSA) is 51.3 Å². The molecule has 0 bridgehead atoms. The van der Waals surface area contributed by atoms with Crippen molar-refractivity contribution in [2.24, 2.45) is 10.7 Å². The Labute approximate surface area is 117 Å². The summed E-state index contributed by atoms with van der Waals surface area (Å²) >= 11 is 0. The summed E-state index contributed by atoms with van der Waals surface area (Å²) in [5.74, 6) is 0.501. The minimum atomic E-state index is 0.501. The maximum Gasteiger partial charge on any atom is 0.131 e. The van der Waals surface area contributed by atoms with Crippen molar-refractivity contribution in [3.05, 3.63) is 71.9 Å². The second-order valence-corrected chi connectivity index (χ2v) is 4.66. The molecule has 0 aliphatic rings. The van der Waals surface area contributed by atoms with E-state index >= 15 is 0 Å². The highest BCUT2D eigenvalue weighted by atomic mass is 14.9. The van der Waals surface area contributed by atoms with Gasteiger partial charge in [-0.25, -0.2) is 4.99 Å². The highest BCUT2D eigenvalue weighted by Gasteiger charge is 2.03. The van der Waals surface area contributed by atoms with Crippen LogP contribution in [0.25, 0.3) is 10.9 Å². The van der Waals surface area contributed by atoms with Gasteiger partial charge in [0.05, 0.1) is 11.2 Å². The van der Waals surface area contributed by atoms with E-state index in [1.165, 1.54) is 0 Å². The molecule has 0 atom stereocenters. The van der Waals surface area contributed by atoms with E-state index in [1.807, 2.05) is 61.5 Å². The Balaban J connectivity index is 2.13. The van der Waals surface area contributed by atoms with E-state index in [0.717, 1.165) is 27.8 Å². The van der Waals surface area contributed by atoms with E-state index in [0.29, 0.717) is 5.84 Å². The Morgan fingerprint density at radius 1 is 0.950 bits per heavy atom. The monoisotopic (exact) mass is 261 g/mol. The number of nitrogens with zero attached hydrogens (tertiary/aromatic N) is 2. The summed E-state index contributed by atoms with van der Waals surface area (Å²) in [5, 5.41) is 1.07. The molecule has 0 spiro atoms. The molecule has 3 rings (SSSR count). The minimum Gasteiger partial charge on any atom is -0.383 e. The van der Waals surface area contributed by atoms with Gasteiger partial charge in [-0.3, -0.25) is 4.98 Å². The minimum absolute atomic E-state index is 0.501. The Kier molecular flexibility index (Phi) is 3.17. The van der Waals surface area contributed by atoms with Crippen molar-refractivity contribution >= 4 is 22.4 Å². The van der Waals surface area contributed by atoms with Gasteiger partial charge in [0.1, 0.15) is 5.84 Å². The fourth-order valence-electron chi connectivity index (χ4n) is 2.12. The van der Waals surface area contributed by atoms with E-state index in [9.17, 15) is 0 Å². The van der Waals surface area contributed by atoms with Crippen LogP contribution in [0, 0.1) is 6.92 Å². The number of hydrogen-bond donors (Lipinski definition) is 1. The van der Waals surface area contributed by atoms with Gasteiger partial charge in [0.25, 0.3) is 0 Å². The number of fused-ring (bicyclic) bond motifs is 1. The normalized spacial score (nSPS) is 11.8. The van der Waals surface area contributed by atoms with Gasteiger partial charge in [-0.2, -0.15) is 0 Å². The van der Waals surface area contributed by atoms with Gasteiger partial charge >= 0.3 is 0 Å². The molecule has 0 aliphatic heterocycles. The van der Waals surface area contributed by atoms with Crippen molar-refractivity contribution < 1.29 is 0 Å². The first-order chi connectivity index (χ1) is 9.74. The van der Waals surface area contributed by atoms with Crippen LogP contribution in [-0.4, -0.2) is 10.8 Å². The zero-order valence-corrected chi connectivity index (χ0v) is 11.2. The summed E-state index contributed by atoms with van der Waals surface area (Å²) in [6.45, 7) is 1.97. The Bertz CT molecular complexity index is 777. The summed E-state index contributed by atoms with van der Waals surface area (Å²) in [6.07, 6.45) is 0. The smallest absolute Gasteiger partial charge is 0.131 e. The maximum atomic E-state index is 6.08. The standard InChI is InChI=1S/C17H15N3/c1-12-10-11-13-8-5-9-15(16(13)19-12)20-17(18)14-6-3-2-4-7-14/h2-11H,1H3,(H2,18,20). The number of para-hydroxylation sites is 1. The second kappa shape index (κ2) is 5.13. The third-order valence-electron chi connectivity index (χ3n) is 3.15. The molecule has 20 heavy (non-hydrogen) atoms. The molecular weight excluding hydrogens is 246 g/mol. The number of pyridine rings is 1. The van der Waals surface area contributed by atoms with Crippen LogP contribution in [-0.2, 0) is 0 Å². The van der Waals surface area contributed by atoms with Gasteiger partial charge < -0.3 is 5.73 Å². The Morgan fingerprint density at radius 2 is 1.75 bits per heavy atom. The number of aromatic nitrogens is 1. The van der Waals surface area contributed by atoms with E-state index in [-0.39, 0.29) is 0 Å². The van der Waals surface area contributed by atoms with Crippen molar-refractivity contribution in [3.8, 4) is 0 Å². The summed E-state index contributed by atoms with van der Waals surface area (Å²) in [4.78, 5) is 9.09. The fourth-order valence-corrected chi connectivity index (χ4v) is 2.12. The molecule has 0 aliphatic carbocycles. The molecule has 1 aromatic heterocycles. The van der Waals surface area contributed by atoms with Gasteiger partial charge in [0.2, 0.25) is 0 Å². The van der Waals surface area contributed by atoms with Crippen LogP contribution < -0.4 is 5.73 Å². The lowest BCUT2D eigenvalue weighted by atomic mass is 10.1. The van der Waals surface area contributed by atoms with Crippen LogP contribution in [0.3, 0.4) is 0 Å². The largest absolute Gasteiger partial charge is 0.383 e. The lowest BCUT2D eigenvalue weighted by molar-refractivity contribution is 1.25. The van der Waals surface area contributed by atoms with Gasteiger partial charge in [-0.05, 0) is 19.1 Å². The van der Waals surface area contributed by atoms with Crippen LogP contribution in [0.1, 0.15) is 11.3 Å². The van der Waals surface area contributed by atoms with Crippen LogP contribution in [0.2, 0.25) is 0 Å². The molecule has 1 heterocycles. The van der Waals surface area contributed by atoms with Gasteiger partial charge in [0.15, 0.2) is 0 Å². The van der Waals surface area contributed by atoms with Crippen LogP contribution in [0.5, 0.6) is 0 Å². The number of aliphatic imine (C=N–C) groups is 1. The summed E-state index contributed by atoms with van der Waals surface area (Å²) in [5.41, 5.74) is 9.64. The fraction of sp³-hybridized carbons (Fsp3) is 0.0588. The van der Waals surface area contributed by atoms with Gasteiger partial charge in [-0.1, -0.05) is 48.5 Å². The molecule has 0 radical (unpaired) electrons. The molecule has 98 valence electrons. The van der Waals surface area contributed by atoms with Crippen LogP contribution in [0.15, 0.2) is 65.7 Å². The number of hydrogen-bond acceptors (Lipinski definition) is 2. The molecule has 0 fully saturated rings. The molecule has 0 amide bonds. The first kappa shape index (κ1) is 12.4. The maximum absolute atomic E-state index is 6.08. The molecule has 2 N–H and O–H groups in total. The SMILES string of the molecule is Cc1ccc2cccc(N=C(N)c3ccccc3)c2n1. The van der Waals surface area contributed by atoms with Gasteiger partial charge in [-0.15, -0.1) is 0 Å². The zero-order valence-electron chi connectivity index (χ0n) is 11.2. The highest BCUT2D eigenvalue weighted by Crippen LogP contribution is 2.24. The van der Waals surface area contributed by atoms with Crippen molar-refractivity contribution in [2.75, 3.05) is 0 Å². The predicted octanol–water partition coefficient (Wildman–Crippen LogP) is 3.58. The molecule has 3 aromatic rings. The van der Waals surface area contributed by atoms with Gasteiger partial charge in [0, 0.05) is 16.6 Å². The number of benzene rings is 2.